The fraction of sp³-hybridized carbons (Fsp3) is 0.350. The lowest BCUT2D eigenvalue weighted by atomic mass is 10.0. The fourth-order valence-electron chi connectivity index (χ4n) is 3.19. The van der Waals surface area contributed by atoms with Crippen molar-refractivity contribution in [2.45, 2.75) is 32.5 Å². The molecule has 1 aliphatic rings. The summed E-state index contributed by atoms with van der Waals surface area (Å²) in [4.78, 5) is 15.0. The van der Waals surface area contributed by atoms with Crippen LogP contribution in [0.15, 0.2) is 42.5 Å². The van der Waals surface area contributed by atoms with Gasteiger partial charge in [0.2, 0.25) is 0 Å². The number of benzene rings is 2. The number of carbonyl (C=O) groups excluding carboxylic acids is 1. The third-order valence-electron chi connectivity index (χ3n) is 4.75. The molecule has 0 spiro atoms. The van der Waals surface area contributed by atoms with Crippen molar-refractivity contribution in [3.8, 4) is 11.5 Å². The first kappa shape index (κ1) is 17.1. The number of hydrogen-bond acceptors (Lipinski definition) is 4. The summed E-state index contributed by atoms with van der Waals surface area (Å²) in [6, 6.07) is 13.5. The van der Waals surface area contributed by atoms with Gasteiger partial charge < -0.3 is 19.7 Å². The molecule has 2 aromatic carbocycles. The summed E-state index contributed by atoms with van der Waals surface area (Å²) < 4.78 is 10.8. The van der Waals surface area contributed by atoms with Crippen molar-refractivity contribution >= 4 is 11.6 Å². The van der Waals surface area contributed by atoms with Crippen LogP contribution in [0.25, 0.3) is 0 Å². The monoisotopic (exact) mass is 340 g/mol. The first-order valence-electron chi connectivity index (χ1n) is 8.50. The van der Waals surface area contributed by atoms with Crippen LogP contribution in [0.2, 0.25) is 0 Å². The highest BCUT2D eigenvalue weighted by molar-refractivity contribution is 6.01. The zero-order chi connectivity index (χ0) is 18.0. The number of para-hydroxylation sites is 1. The highest BCUT2D eigenvalue weighted by Crippen LogP contribution is 2.38. The van der Waals surface area contributed by atoms with Crippen LogP contribution in [-0.4, -0.2) is 31.1 Å². The summed E-state index contributed by atoms with van der Waals surface area (Å²) in [6.07, 6.45) is 0.622. The van der Waals surface area contributed by atoms with E-state index in [2.05, 4.69) is 19.2 Å². The van der Waals surface area contributed by atoms with Gasteiger partial charge in [0.1, 0.15) is 6.17 Å². The minimum Gasteiger partial charge on any atom is -0.493 e. The van der Waals surface area contributed by atoms with E-state index >= 15 is 0 Å². The molecule has 0 saturated carbocycles. The Morgan fingerprint density at radius 3 is 2.52 bits per heavy atom. The normalized spacial score (nSPS) is 17.5. The Balaban J connectivity index is 2.08. The maximum atomic E-state index is 13.1. The molecule has 5 heteroatoms. The molecule has 132 valence electrons. The molecule has 0 aromatic heterocycles. The van der Waals surface area contributed by atoms with Crippen LogP contribution in [-0.2, 0) is 0 Å². The summed E-state index contributed by atoms with van der Waals surface area (Å²) in [7, 11) is 3.23. The van der Waals surface area contributed by atoms with Gasteiger partial charge in [0.15, 0.2) is 11.5 Å². The Morgan fingerprint density at radius 1 is 1.12 bits per heavy atom. The molecule has 1 aliphatic heterocycles. The maximum Gasteiger partial charge on any atom is 0.258 e. The van der Waals surface area contributed by atoms with Gasteiger partial charge in [-0.1, -0.05) is 25.1 Å². The fourth-order valence-corrected chi connectivity index (χ4v) is 3.19. The van der Waals surface area contributed by atoms with E-state index in [1.807, 2.05) is 47.4 Å². The highest BCUT2D eigenvalue weighted by Gasteiger charge is 2.35. The van der Waals surface area contributed by atoms with Crippen LogP contribution in [0.3, 0.4) is 0 Å². The van der Waals surface area contributed by atoms with Crippen molar-refractivity contribution in [1.82, 2.24) is 4.90 Å². The van der Waals surface area contributed by atoms with Gasteiger partial charge in [-0.3, -0.25) is 4.79 Å². The summed E-state index contributed by atoms with van der Waals surface area (Å²) in [6.45, 7) is 4.16. The van der Waals surface area contributed by atoms with Gasteiger partial charge >= 0.3 is 0 Å². The molecule has 0 bridgehead atoms. The zero-order valence-electron chi connectivity index (χ0n) is 15.1. The molecule has 3 rings (SSSR count). The van der Waals surface area contributed by atoms with E-state index in [0.29, 0.717) is 17.1 Å². The summed E-state index contributed by atoms with van der Waals surface area (Å²) in [5.41, 5.74) is 2.52. The van der Waals surface area contributed by atoms with Crippen LogP contribution >= 0.6 is 0 Å². The second-order valence-electron chi connectivity index (χ2n) is 6.18. The number of carbonyl (C=O) groups is 1. The number of nitrogens with zero attached hydrogens (tertiary/aromatic N) is 1. The lowest BCUT2D eigenvalue weighted by molar-refractivity contribution is 0.0593. The van der Waals surface area contributed by atoms with Crippen molar-refractivity contribution in [1.29, 1.82) is 0 Å². The molecule has 0 unspecified atom stereocenters. The summed E-state index contributed by atoms with van der Waals surface area (Å²) >= 11 is 0. The lowest BCUT2D eigenvalue weighted by Crippen LogP contribution is -2.47. The number of amides is 1. The van der Waals surface area contributed by atoms with Crippen LogP contribution in [0.4, 0.5) is 5.69 Å². The van der Waals surface area contributed by atoms with Gasteiger partial charge in [0.05, 0.1) is 19.8 Å². The molecular formula is C20H24N2O3. The van der Waals surface area contributed by atoms with Crippen LogP contribution in [0.5, 0.6) is 11.5 Å². The van der Waals surface area contributed by atoms with Gasteiger partial charge in [0, 0.05) is 11.7 Å². The van der Waals surface area contributed by atoms with Crippen molar-refractivity contribution in [3.05, 3.63) is 53.6 Å². The average Bonchev–Trinajstić information content (AvgIpc) is 2.66. The Bertz CT molecular complexity index is 775. The smallest absolute Gasteiger partial charge is 0.258 e. The minimum atomic E-state index is -0.253. The molecule has 0 aliphatic carbocycles. The molecule has 1 amide bonds. The maximum absolute atomic E-state index is 13.1. The number of anilines is 1. The zero-order valence-corrected chi connectivity index (χ0v) is 15.1. The minimum absolute atomic E-state index is 0.0449. The first-order valence-corrected chi connectivity index (χ1v) is 8.50. The second kappa shape index (κ2) is 7.05. The molecule has 0 saturated heterocycles. The molecular weight excluding hydrogens is 316 g/mol. The third kappa shape index (κ3) is 3.02. The Hall–Kier alpha value is -2.69. The van der Waals surface area contributed by atoms with Crippen molar-refractivity contribution < 1.29 is 14.3 Å². The number of nitrogens with one attached hydrogen (secondary N) is 1. The van der Waals surface area contributed by atoms with Crippen molar-refractivity contribution in [3.63, 3.8) is 0 Å². The average molecular weight is 340 g/mol. The Morgan fingerprint density at radius 2 is 1.84 bits per heavy atom. The molecule has 0 radical (unpaired) electrons. The number of hydrogen-bond donors (Lipinski definition) is 1. The molecule has 1 heterocycles. The number of ether oxygens (including phenoxy) is 2. The third-order valence-corrected chi connectivity index (χ3v) is 4.75. The van der Waals surface area contributed by atoms with Gasteiger partial charge in [-0.05, 0) is 43.2 Å². The van der Waals surface area contributed by atoms with E-state index in [0.717, 1.165) is 17.7 Å². The van der Waals surface area contributed by atoms with E-state index < -0.39 is 0 Å². The van der Waals surface area contributed by atoms with Crippen molar-refractivity contribution in [2.24, 2.45) is 0 Å². The topological polar surface area (TPSA) is 50.8 Å². The van der Waals surface area contributed by atoms with E-state index in [1.54, 1.807) is 14.2 Å². The van der Waals surface area contributed by atoms with Gasteiger partial charge in [-0.25, -0.2) is 0 Å². The molecule has 1 N–H and O–H groups in total. The molecule has 2 aromatic rings. The lowest BCUT2D eigenvalue weighted by Gasteiger charge is -2.41. The predicted molar refractivity (Wildman–Crippen MR) is 98.3 cm³/mol. The molecule has 25 heavy (non-hydrogen) atoms. The van der Waals surface area contributed by atoms with Crippen LogP contribution < -0.4 is 14.8 Å². The first-order chi connectivity index (χ1) is 12.1. The largest absolute Gasteiger partial charge is 0.493 e. The van der Waals surface area contributed by atoms with Crippen LogP contribution in [0.1, 0.15) is 42.4 Å². The van der Waals surface area contributed by atoms with Gasteiger partial charge in [-0.15, -0.1) is 0 Å². The van der Waals surface area contributed by atoms with E-state index in [1.165, 1.54) is 0 Å². The van der Waals surface area contributed by atoms with Gasteiger partial charge in [-0.2, -0.15) is 0 Å². The molecule has 5 nitrogen and oxygen atoms in total. The molecule has 0 fully saturated rings. The SMILES string of the molecule is CC[C@@H](C)N1C(=O)c2ccccc2N[C@H]1c1ccc(OC)c(OC)c1. The second-order valence-corrected chi connectivity index (χ2v) is 6.18. The Labute approximate surface area is 148 Å². The van der Waals surface area contributed by atoms with Crippen LogP contribution in [0, 0.1) is 0 Å². The number of rotatable bonds is 5. The van der Waals surface area contributed by atoms with E-state index in [4.69, 9.17) is 9.47 Å². The summed E-state index contributed by atoms with van der Waals surface area (Å²) in [5.74, 6) is 1.37. The van der Waals surface area contributed by atoms with E-state index in [-0.39, 0.29) is 18.1 Å². The highest BCUT2D eigenvalue weighted by atomic mass is 16.5. The number of methoxy groups -OCH3 is 2. The van der Waals surface area contributed by atoms with Gasteiger partial charge in [0.25, 0.3) is 5.91 Å². The quantitative estimate of drug-likeness (QED) is 0.891. The summed E-state index contributed by atoms with van der Waals surface area (Å²) in [5, 5.41) is 3.51. The Kier molecular flexibility index (Phi) is 4.83. The number of fused-ring (bicyclic) bond motifs is 1. The van der Waals surface area contributed by atoms with Crippen molar-refractivity contribution in [2.75, 3.05) is 19.5 Å². The molecule has 2 atom stereocenters. The predicted octanol–water partition coefficient (Wildman–Crippen LogP) is 4.07. The van der Waals surface area contributed by atoms with E-state index in [9.17, 15) is 4.79 Å². The standard InChI is InChI=1S/C20H24N2O3/c1-5-13(2)22-19(14-10-11-17(24-3)18(12-14)25-4)21-16-9-7-6-8-15(16)20(22)23/h6-13,19,21H,5H2,1-4H3/t13-,19-/m1/s1.